The van der Waals surface area contributed by atoms with Crippen LogP contribution in [0.1, 0.15) is 31.7 Å². The number of ether oxygens (including phenoxy) is 1. The molecule has 0 saturated carbocycles. The van der Waals surface area contributed by atoms with Gasteiger partial charge >= 0.3 is 5.97 Å². The maximum Gasteiger partial charge on any atom is 0.326 e. The summed E-state index contributed by atoms with van der Waals surface area (Å²) in [5.74, 6) is -1.38. The van der Waals surface area contributed by atoms with Crippen molar-refractivity contribution < 1.29 is 19.4 Å². The SMILES string of the molecule is CCCCC(NC(=O)COCCc1ccccc1)C(=O)O. The molecule has 0 spiro atoms. The van der Waals surface area contributed by atoms with Crippen molar-refractivity contribution in [3.63, 3.8) is 0 Å². The van der Waals surface area contributed by atoms with Crippen molar-refractivity contribution in [1.82, 2.24) is 5.32 Å². The summed E-state index contributed by atoms with van der Waals surface area (Å²) in [6.07, 6.45) is 2.84. The van der Waals surface area contributed by atoms with Crippen LogP contribution in [0.2, 0.25) is 0 Å². The van der Waals surface area contributed by atoms with E-state index in [9.17, 15) is 9.59 Å². The Labute approximate surface area is 125 Å². The van der Waals surface area contributed by atoms with Crippen molar-refractivity contribution in [3.05, 3.63) is 35.9 Å². The molecule has 1 atom stereocenters. The molecule has 5 heteroatoms. The molecule has 0 bridgehead atoms. The van der Waals surface area contributed by atoms with Gasteiger partial charge in [0, 0.05) is 0 Å². The first-order valence-electron chi connectivity index (χ1n) is 7.27. The Balaban J connectivity index is 2.21. The molecule has 2 N–H and O–H groups in total. The van der Waals surface area contributed by atoms with Gasteiger partial charge in [-0.2, -0.15) is 0 Å². The van der Waals surface area contributed by atoms with E-state index in [0.29, 0.717) is 13.0 Å². The topological polar surface area (TPSA) is 75.6 Å². The molecular weight excluding hydrogens is 270 g/mol. The summed E-state index contributed by atoms with van der Waals surface area (Å²) in [5, 5.41) is 11.5. The zero-order chi connectivity index (χ0) is 15.5. The van der Waals surface area contributed by atoms with Crippen LogP contribution in [0.4, 0.5) is 0 Å². The molecule has 0 aromatic heterocycles. The number of rotatable bonds is 10. The summed E-state index contributed by atoms with van der Waals surface area (Å²) in [7, 11) is 0. The van der Waals surface area contributed by atoms with Gasteiger partial charge in [0.1, 0.15) is 12.6 Å². The van der Waals surface area contributed by atoms with E-state index in [1.807, 2.05) is 37.3 Å². The van der Waals surface area contributed by atoms with Crippen molar-refractivity contribution in [2.75, 3.05) is 13.2 Å². The molecule has 0 heterocycles. The van der Waals surface area contributed by atoms with E-state index in [1.54, 1.807) is 0 Å². The lowest BCUT2D eigenvalue weighted by atomic mass is 10.1. The molecule has 1 aromatic carbocycles. The minimum absolute atomic E-state index is 0.108. The summed E-state index contributed by atoms with van der Waals surface area (Å²) in [6, 6.07) is 9.01. The van der Waals surface area contributed by atoms with Gasteiger partial charge in [0.15, 0.2) is 0 Å². The zero-order valence-corrected chi connectivity index (χ0v) is 12.4. The third-order valence-electron chi connectivity index (χ3n) is 3.09. The van der Waals surface area contributed by atoms with Crippen LogP contribution in [0.15, 0.2) is 30.3 Å². The first kappa shape index (κ1) is 17.2. The average Bonchev–Trinajstić information content (AvgIpc) is 2.48. The molecule has 0 fully saturated rings. The van der Waals surface area contributed by atoms with E-state index >= 15 is 0 Å². The van der Waals surface area contributed by atoms with E-state index in [0.717, 1.165) is 24.8 Å². The van der Waals surface area contributed by atoms with Crippen LogP contribution in [0.5, 0.6) is 0 Å². The standard InChI is InChI=1S/C16H23NO4/c1-2-3-9-14(16(19)20)17-15(18)12-21-11-10-13-7-5-4-6-8-13/h4-8,14H,2-3,9-12H2,1H3,(H,17,18)(H,19,20). The van der Waals surface area contributed by atoms with Crippen LogP contribution >= 0.6 is 0 Å². The fraction of sp³-hybridized carbons (Fsp3) is 0.500. The Hall–Kier alpha value is -1.88. The van der Waals surface area contributed by atoms with Crippen LogP contribution in [-0.4, -0.2) is 36.2 Å². The largest absolute Gasteiger partial charge is 0.480 e. The number of unbranched alkanes of at least 4 members (excludes halogenated alkanes) is 1. The minimum atomic E-state index is -0.999. The number of hydrogen-bond acceptors (Lipinski definition) is 3. The molecule has 0 saturated heterocycles. The maximum atomic E-state index is 11.6. The van der Waals surface area contributed by atoms with Gasteiger partial charge in [0.05, 0.1) is 6.61 Å². The number of aliphatic carboxylic acids is 1. The van der Waals surface area contributed by atoms with Crippen LogP contribution in [-0.2, 0) is 20.7 Å². The summed E-state index contributed by atoms with van der Waals surface area (Å²) >= 11 is 0. The van der Waals surface area contributed by atoms with E-state index in [1.165, 1.54) is 0 Å². The van der Waals surface area contributed by atoms with E-state index in [2.05, 4.69) is 5.32 Å². The quantitative estimate of drug-likeness (QED) is 0.647. The molecule has 5 nitrogen and oxygen atoms in total. The van der Waals surface area contributed by atoms with Crippen LogP contribution < -0.4 is 5.32 Å². The highest BCUT2D eigenvalue weighted by Crippen LogP contribution is 2.01. The first-order valence-corrected chi connectivity index (χ1v) is 7.27. The van der Waals surface area contributed by atoms with Gasteiger partial charge in [-0.25, -0.2) is 4.79 Å². The Kier molecular flexibility index (Phi) is 8.12. The molecule has 1 aromatic rings. The number of carbonyl (C=O) groups is 2. The predicted octanol–water partition coefficient (Wildman–Crippen LogP) is 2.01. The fourth-order valence-corrected chi connectivity index (χ4v) is 1.90. The number of hydrogen-bond donors (Lipinski definition) is 2. The molecule has 116 valence electrons. The van der Waals surface area contributed by atoms with E-state index < -0.39 is 12.0 Å². The van der Waals surface area contributed by atoms with Crippen molar-refractivity contribution in [1.29, 1.82) is 0 Å². The zero-order valence-electron chi connectivity index (χ0n) is 12.4. The lowest BCUT2D eigenvalue weighted by molar-refractivity contribution is -0.142. The third kappa shape index (κ3) is 7.46. The molecule has 0 radical (unpaired) electrons. The number of benzene rings is 1. The number of carbonyl (C=O) groups excluding carboxylic acids is 1. The summed E-state index contributed by atoms with van der Waals surface area (Å²) in [5.41, 5.74) is 1.14. The molecule has 0 aliphatic carbocycles. The summed E-state index contributed by atoms with van der Waals surface area (Å²) < 4.78 is 5.28. The highest BCUT2D eigenvalue weighted by atomic mass is 16.5. The van der Waals surface area contributed by atoms with Crippen molar-refractivity contribution in [2.24, 2.45) is 0 Å². The summed E-state index contributed by atoms with van der Waals surface area (Å²) in [4.78, 5) is 22.6. The van der Waals surface area contributed by atoms with Gasteiger partial charge in [-0.1, -0.05) is 50.1 Å². The van der Waals surface area contributed by atoms with Gasteiger partial charge in [0.25, 0.3) is 0 Å². The molecule has 0 aliphatic heterocycles. The van der Waals surface area contributed by atoms with Crippen molar-refractivity contribution in [3.8, 4) is 0 Å². The molecule has 0 aliphatic rings. The van der Waals surface area contributed by atoms with Gasteiger partial charge in [-0.15, -0.1) is 0 Å². The number of carboxylic acid groups (broad SMARTS) is 1. The molecular formula is C16H23NO4. The van der Waals surface area contributed by atoms with Gasteiger partial charge in [-0.05, 0) is 18.4 Å². The normalized spacial score (nSPS) is 11.9. The highest BCUT2D eigenvalue weighted by Gasteiger charge is 2.18. The number of carboxylic acids is 1. The highest BCUT2D eigenvalue weighted by molar-refractivity contribution is 5.84. The van der Waals surface area contributed by atoms with Crippen molar-refractivity contribution in [2.45, 2.75) is 38.6 Å². The van der Waals surface area contributed by atoms with Crippen molar-refractivity contribution >= 4 is 11.9 Å². The second-order valence-corrected chi connectivity index (χ2v) is 4.89. The molecule has 1 amide bonds. The predicted molar refractivity (Wildman–Crippen MR) is 80.1 cm³/mol. The van der Waals surface area contributed by atoms with Gasteiger partial charge in [-0.3, -0.25) is 4.79 Å². The Bertz CT molecular complexity index is 433. The fourth-order valence-electron chi connectivity index (χ4n) is 1.90. The maximum absolute atomic E-state index is 11.6. The summed E-state index contributed by atoms with van der Waals surface area (Å²) in [6.45, 7) is 2.31. The lowest BCUT2D eigenvalue weighted by Gasteiger charge is -2.14. The Morgan fingerprint density at radius 3 is 2.62 bits per heavy atom. The van der Waals surface area contributed by atoms with Gasteiger partial charge < -0.3 is 15.2 Å². The third-order valence-corrected chi connectivity index (χ3v) is 3.09. The lowest BCUT2D eigenvalue weighted by Crippen LogP contribution is -2.42. The van der Waals surface area contributed by atoms with Crippen LogP contribution in [0, 0.1) is 0 Å². The van der Waals surface area contributed by atoms with E-state index in [4.69, 9.17) is 9.84 Å². The van der Waals surface area contributed by atoms with Crippen LogP contribution in [0.25, 0.3) is 0 Å². The monoisotopic (exact) mass is 293 g/mol. The smallest absolute Gasteiger partial charge is 0.326 e. The minimum Gasteiger partial charge on any atom is -0.480 e. The van der Waals surface area contributed by atoms with E-state index in [-0.39, 0.29) is 12.5 Å². The molecule has 1 unspecified atom stereocenters. The molecule has 21 heavy (non-hydrogen) atoms. The van der Waals surface area contributed by atoms with Gasteiger partial charge in [0.2, 0.25) is 5.91 Å². The molecule has 1 rings (SSSR count). The Morgan fingerprint density at radius 2 is 2.00 bits per heavy atom. The van der Waals surface area contributed by atoms with Crippen LogP contribution in [0.3, 0.4) is 0 Å². The number of nitrogens with one attached hydrogen (secondary N) is 1. The first-order chi connectivity index (χ1) is 10.1. The second-order valence-electron chi connectivity index (χ2n) is 4.89. The average molecular weight is 293 g/mol. The second kappa shape index (κ2) is 9.94. The Morgan fingerprint density at radius 1 is 1.29 bits per heavy atom. The number of amides is 1.